The lowest BCUT2D eigenvalue weighted by molar-refractivity contribution is 0.111. The second-order valence-electron chi connectivity index (χ2n) is 7.15. The predicted molar refractivity (Wildman–Crippen MR) is 116 cm³/mol. The van der Waals surface area contributed by atoms with E-state index in [1.807, 2.05) is 30.5 Å². The zero-order valence-electron chi connectivity index (χ0n) is 17.0. The van der Waals surface area contributed by atoms with Gasteiger partial charge in [-0.1, -0.05) is 6.08 Å². The van der Waals surface area contributed by atoms with Crippen LogP contribution in [-0.4, -0.2) is 40.7 Å². The number of fused-ring (bicyclic) bond motifs is 1. The lowest BCUT2D eigenvalue weighted by atomic mass is 9.97. The van der Waals surface area contributed by atoms with E-state index in [0.29, 0.717) is 31.7 Å². The van der Waals surface area contributed by atoms with Crippen LogP contribution in [0, 0.1) is 18.3 Å². The molecule has 0 unspecified atom stereocenters. The third-order valence-corrected chi connectivity index (χ3v) is 5.41. The minimum atomic E-state index is -0.300. The fraction of sp³-hybridized carbons (Fsp3) is 0.261. The summed E-state index contributed by atoms with van der Waals surface area (Å²) in [6.45, 7) is 5.25. The number of aromatic amines is 1. The largest absolute Gasteiger partial charge is 0.450 e. The predicted octanol–water partition coefficient (Wildman–Crippen LogP) is 4.73. The molecule has 3 aromatic rings. The van der Waals surface area contributed by atoms with Crippen molar-refractivity contribution in [3.05, 3.63) is 59.6 Å². The molecule has 0 fully saturated rings. The average Bonchev–Trinajstić information content (AvgIpc) is 3.26. The number of nitrogens with one attached hydrogen (secondary N) is 2. The highest BCUT2D eigenvalue weighted by Gasteiger charge is 2.21. The van der Waals surface area contributed by atoms with Crippen molar-refractivity contribution in [2.45, 2.75) is 20.3 Å². The van der Waals surface area contributed by atoms with Gasteiger partial charge in [-0.3, -0.25) is 4.98 Å². The number of carbonyl (C=O) groups excluding carboxylic acids is 1. The first-order valence-electron chi connectivity index (χ1n) is 9.95. The van der Waals surface area contributed by atoms with Gasteiger partial charge in [0.2, 0.25) is 0 Å². The highest BCUT2D eigenvalue weighted by molar-refractivity contribution is 5.91. The highest BCUT2D eigenvalue weighted by atomic mass is 16.6. The molecule has 1 amide bonds. The SMILES string of the molecule is CCOC(=O)N1CC=C(c2cncc(C#N)c2Nc2ccc3[nH]ccc3c2C)CC1. The van der Waals surface area contributed by atoms with Crippen LogP contribution >= 0.6 is 0 Å². The third-order valence-electron chi connectivity index (χ3n) is 5.41. The Kier molecular flexibility index (Phi) is 5.40. The van der Waals surface area contributed by atoms with Crippen LogP contribution in [0.4, 0.5) is 16.2 Å². The molecule has 0 spiro atoms. The number of benzene rings is 1. The van der Waals surface area contributed by atoms with E-state index in [9.17, 15) is 10.1 Å². The molecule has 7 heteroatoms. The van der Waals surface area contributed by atoms with Gasteiger partial charge in [0.1, 0.15) is 6.07 Å². The number of H-pyrrole nitrogens is 1. The maximum absolute atomic E-state index is 12.0. The second kappa shape index (κ2) is 8.29. The van der Waals surface area contributed by atoms with E-state index in [0.717, 1.165) is 39.0 Å². The summed E-state index contributed by atoms with van der Waals surface area (Å²) in [5.74, 6) is 0. The topological polar surface area (TPSA) is 94.0 Å². The van der Waals surface area contributed by atoms with E-state index in [4.69, 9.17) is 4.74 Å². The Bertz CT molecular complexity index is 1170. The van der Waals surface area contributed by atoms with Gasteiger partial charge in [0, 0.05) is 53.8 Å². The molecular weight excluding hydrogens is 378 g/mol. The van der Waals surface area contributed by atoms with Crippen LogP contribution in [0.15, 0.2) is 42.9 Å². The van der Waals surface area contributed by atoms with Crippen LogP contribution in [0.5, 0.6) is 0 Å². The Balaban J connectivity index is 1.68. The molecule has 1 aliphatic heterocycles. The first-order chi connectivity index (χ1) is 14.6. The van der Waals surface area contributed by atoms with Gasteiger partial charge in [0.15, 0.2) is 0 Å². The second-order valence-corrected chi connectivity index (χ2v) is 7.15. The lowest BCUT2D eigenvalue weighted by Gasteiger charge is -2.26. The van der Waals surface area contributed by atoms with E-state index in [1.54, 1.807) is 24.2 Å². The molecule has 0 aliphatic carbocycles. The average molecular weight is 401 g/mol. The molecule has 0 saturated heterocycles. The van der Waals surface area contributed by atoms with Crippen LogP contribution in [0.2, 0.25) is 0 Å². The molecule has 3 heterocycles. The Labute approximate surface area is 175 Å². The number of rotatable bonds is 4. The van der Waals surface area contributed by atoms with Gasteiger partial charge in [0.25, 0.3) is 0 Å². The quantitative estimate of drug-likeness (QED) is 0.659. The minimum Gasteiger partial charge on any atom is -0.450 e. The molecule has 0 bridgehead atoms. The molecular formula is C23H23N5O2. The lowest BCUT2D eigenvalue weighted by Crippen LogP contribution is -2.35. The molecule has 0 saturated carbocycles. The van der Waals surface area contributed by atoms with Gasteiger partial charge in [-0.15, -0.1) is 0 Å². The normalized spacial score (nSPS) is 13.6. The van der Waals surface area contributed by atoms with Crippen LogP contribution < -0.4 is 5.32 Å². The number of ether oxygens (including phenoxy) is 1. The number of aromatic nitrogens is 2. The molecule has 7 nitrogen and oxygen atoms in total. The van der Waals surface area contributed by atoms with E-state index in [-0.39, 0.29) is 6.09 Å². The van der Waals surface area contributed by atoms with Crippen LogP contribution in [0.3, 0.4) is 0 Å². The van der Waals surface area contributed by atoms with Crippen molar-refractivity contribution < 1.29 is 9.53 Å². The van der Waals surface area contributed by atoms with Crippen molar-refractivity contribution in [2.24, 2.45) is 0 Å². The first-order valence-corrected chi connectivity index (χ1v) is 9.95. The van der Waals surface area contributed by atoms with Crippen molar-refractivity contribution in [3.8, 4) is 6.07 Å². The fourth-order valence-electron chi connectivity index (χ4n) is 3.77. The number of anilines is 2. The number of hydrogen-bond donors (Lipinski definition) is 2. The number of hydrogen-bond acceptors (Lipinski definition) is 5. The van der Waals surface area contributed by atoms with Crippen molar-refractivity contribution in [2.75, 3.05) is 25.0 Å². The maximum atomic E-state index is 12.0. The summed E-state index contributed by atoms with van der Waals surface area (Å²) in [7, 11) is 0. The number of nitriles is 1. The molecule has 1 aliphatic rings. The van der Waals surface area contributed by atoms with Crippen LogP contribution in [0.1, 0.15) is 30.0 Å². The summed E-state index contributed by atoms with van der Waals surface area (Å²) >= 11 is 0. The van der Waals surface area contributed by atoms with E-state index in [2.05, 4.69) is 28.3 Å². The summed E-state index contributed by atoms with van der Waals surface area (Å²) in [4.78, 5) is 21.1. The van der Waals surface area contributed by atoms with Crippen molar-refractivity contribution in [1.29, 1.82) is 5.26 Å². The number of nitrogens with zero attached hydrogens (tertiary/aromatic N) is 3. The summed E-state index contributed by atoms with van der Waals surface area (Å²) in [6, 6.07) is 8.33. The summed E-state index contributed by atoms with van der Waals surface area (Å²) in [5.41, 5.74) is 6.27. The molecule has 1 aromatic carbocycles. The number of pyridine rings is 1. The monoisotopic (exact) mass is 401 g/mol. The van der Waals surface area contributed by atoms with E-state index >= 15 is 0 Å². The molecule has 4 rings (SSSR count). The van der Waals surface area contributed by atoms with E-state index in [1.165, 1.54) is 0 Å². The Morgan fingerprint density at radius 1 is 1.37 bits per heavy atom. The van der Waals surface area contributed by atoms with Crippen LogP contribution in [0.25, 0.3) is 16.5 Å². The third kappa shape index (κ3) is 3.60. The maximum Gasteiger partial charge on any atom is 0.410 e. The first kappa shape index (κ1) is 19.5. The van der Waals surface area contributed by atoms with Crippen LogP contribution in [-0.2, 0) is 4.74 Å². The van der Waals surface area contributed by atoms with Crippen molar-refractivity contribution in [3.63, 3.8) is 0 Å². The molecule has 0 radical (unpaired) electrons. The Morgan fingerprint density at radius 2 is 2.23 bits per heavy atom. The van der Waals surface area contributed by atoms with Gasteiger partial charge in [-0.25, -0.2) is 4.79 Å². The van der Waals surface area contributed by atoms with Crippen molar-refractivity contribution >= 4 is 33.9 Å². The van der Waals surface area contributed by atoms with E-state index < -0.39 is 0 Å². The smallest absolute Gasteiger partial charge is 0.410 e. The molecule has 2 N–H and O–H groups in total. The number of amides is 1. The Hall–Kier alpha value is -3.79. The summed E-state index contributed by atoms with van der Waals surface area (Å²) in [6.07, 6.45) is 7.64. The van der Waals surface area contributed by atoms with Gasteiger partial charge in [-0.05, 0) is 49.6 Å². The Morgan fingerprint density at radius 3 is 2.97 bits per heavy atom. The zero-order chi connectivity index (χ0) is 21.1. The van der Waals surface area contributed by atoms with Gasteiger partial charge >= 0.3 is 6.09 Å². The molecule has 152 valence electrons. The van der Waals surface area contributed by atoms with Gasteiger partial charge < -0.3 is 19.9 Å². The summed E-state index contributed by atoms with van der Waals surface area (Å²) < 4.78 is 5.09. The number of carbonyl (C=O) groups is 1. The van der Waals surface area contributed by atoms with Gasteiger partial charge in [0.05, 0.1) is 17.9 Å². The highest BCUT2D eigenvalue weighted by Crippen LogP contribution is 2.35. The fourth-order valence-corrected chi connectivity index (χ4v) is 3.77. The minimum absolute atomic E-state index is 0.300. The zero-order valence-corrected chi connectivity index (χ0v) is 17.0. The standard InChI is InChI=1S/C23H23N5O2/c1-3-30-23(29)28-10-7-16(8-11-28)19-14-25-13-17(12-24)22(19)27-20-4-5-21-18(15(20)2)6-9-26-21/h4-7,9,13-14,26H,3,8,10-11H2,1-2H3,(H,25,27). The molecule has 2 aromatic heterocycles. The molecule has 0 atom stereocenters. The number of aryl methyl sites for hydroxylation is 1. The van der Waals surface area contributed by atoms with Crippen molar-refractivity contribution in [1.82, 2.24) is 14.9 Å². The molecule has 30 heavy (non-hydrogen) atoms. The summed E-state index contributed by atoms with van der Waals surface area (Å²) in [5, 5.41) is 14.3. The van der Waals surface area contributed by atoms with Gasteiger partial charge in [-0.2, -0.15) is 5.26 Å².